The maximum Gasteiger partial charge on any atom is 0.145 e. The number of aromatic nitrogens is 1. The molecular weight excluding hydrogens is 219 g/mol. The Bertz CT molecular complexity index is 341. The van der Waals surface area contributed by atoms with Gasteiger partial charge in [0.15, 0.2) is 0 Å². The topological polar surface area (TPSA) is 24.9 Å². The summed E-state index contributed by atoms with van der Waals surface area (Å²) in [4.78, 5) is 4.16. The Hall–Kier alpha value is -0.470. The third kappa shape index (κ3) is 1.96. The second kappa shape index (κ2) is 3.95. The van der Waals surface area contributed by atoms with E-state index < -0.39 is 0 Å². The molecule has 76 valence electrons. The van der Waals surface area contributed by atoms with E-state index in [1.165, 1.54) is 12.8 Å². The summed E-state index contributed by atoms with van der Waals surface area (Å²) in [5.74, 6) is 1.45. The molecule has 2 rings (SSSR count). The third-order valence-electron chi connectivity index (χ3n) is 2.75. The van der Waals surface area contributed by atoms with Crippen molar-refractivity contribution < 1.29 is 0 Å². The van der Waals surface area contributed by atoms with Crippen LogP contribution in [0.2, 0.25) is 10.0 Å². The Morgan fingerprint density at radius 2 is 2.21 bits per heavy atom. The van der Waals surface area contributed by atoms with Gasteiger partial charge in [-0.05, 0) is 24.8 Å². The molecule has 1 aromatic heterocycles. The van der Waals surface area contributed by atoms with Gasteiger partial charge in [0.1, 0.15) is 5.82 Å². The molecule has 1 heterocycles. The number of rotatable bonds is 2. The molecule has 2 atom stereocenters. The summed E-state index contributed by atoms with van der Waals surface area (Å²) >= 11 is 11.7. The van der Waals surface area contributed by atoms with Crippen molar-refractivity contribution in [1.82, 2.24) is 4.98 Å². The lowest BCUT2D eigenvalue weighted by Gasteiger charge is -2.35. The van der Waals surface area contributed by atoms with E-state index >= 15 is 0 Å². The highest BCUT2D eigenvalue weighted by molar-refractivity contribution is 6.35. The third-order valence-corrected chi connectivity index (χ3v) is 3.24. The fraction of sp³-hybridized carbons (Fsp3) is 0.500. The molecule has 1 aromatic rings. The summed E-state index contributed by atoms with van der Waals surface area (Å²) < 4.78 is 0. The quantitative estimate of drug-likeness (QED) is 0.841. The maximum absolute atomic E-state index is 5.99. The lowest BCUT2D eigenvalue weighted by atomic mass is 9.81. The van der Waals surface area contributed by atoms with Crippen LogP contribution in [-0.4, -0.2) is 11.0 Å². The minimum absolute atomic E-state index is 0.515. The molecule has 1 aliphatic rings. The van der Waals surface area contributed by atoms with Crippen LogP contribution in [0.5, 0.6) is 0 Å². The zero-order valence-corrected chi connectivity index (χ0v) is 9.44. The minimum Gasteiger partial charge on any atom is -0.366 e. The van der Waals surface area contributed by atoms with Crippen molar-refractivity contribution in [3.63, 3.8) is 0 Å². The first-order valence-corrected chi connectivity index (χ1v) is 5.50. The summed E-state index contributed by atoms with van der Waals surface area (Å²) in [6.07, 6.45) is 4.09. The van der Waals surface area contributed by atoms with Crippen molar-refractivity contribution in [1.29, 1.82) is 0 Å². The second-order valence-corrected chi connectivity index (χ2v) is 4.63. The Morgan fingerprint density at radius 3 is 2.71 bits per heavy atom. The number of hydrogen-bond acceptors (Lipinski definition) is 2. The normalized spacial score (nSPS) is 25.6. The molecule has 0 spiro atoms. The van der Waals surface area contributed by atoms with Gasteiger partial charge in [-0.3, -0.25) is 0 Å². The van der Waals surface area contributed by atoms with Crippen LogP contribution < -0.4 is 5.32 Å². The molecule has 0 bridgehead atoms. The summed E-state index contributed by atoms with van der Waals surface area (Å²) in [7, 11) is 0. The zero-order valence-electron chi connectivity index (χ0n) is 7.93. The minimum atomic E-state index is 0.515. The van der Waals surface area contributed by atoms with Crippen LogP contribution in [0, 0.1) is 5.92 Å². The van der Waals surface area contributed by atoms with E-state index in [0.717, 1.165) is 5.82 Å². The van der Waals surface area contributed by atoms with Gasteiger partial charge in [0.25, 0.3) is 0 Å². The van der Waals surface area contributed by atoms with E-state index in [-0.39, 0.29) is 0 Å². The smallest absolute Gasteiger partial charge is 0.145 e. The van der Waals surface area contributed by atoms with Gasteiger partial charge in [-0.15, -0.1) is 0 Å². The molecule has 0 amide bonds. The molecule has 0 aromatic carbocycles. The first-order valence-electron chi connectivity index (χ1n) is 4.74. The first kappa shape index (κ1) is 10.1. The van der Waals surface area contributed by atoms with Gasteiger partial charge < -0.3 is 5.32 Å². The molecule has 2 nitrogen and oxygen atoms in total. The van der Waals surface area contributed by atoms with Crippen molar-refractivity contribution in [2.45, 2.75) is 25.8 Å². The van der Waals surface area contributed by atoms with E-state index in [2.05, 4.69) is 17.2 Å². The lowest BCUT2D eigenvalue weighted by molar-refractivity contribution is 0.303. The Kier molecular flexibility index (Phi) is 2.84. The summed E-state index contributed by atoms with van der Waals surface area (Å²) in [5, 5.41) is 4.49. The van der Waals surface area contributed by atoms with E-state index in [1.54, 1.807) is 12.3 Å². The molecule has 0 saturated heterocycles. The highest BCUT2D eigenvalue weighted by Crippen LogP contribution is 2.31. The van der Waals surface area contributed by atoms with E-state index in [9.17, 15) is 0 Å². The molecule has 4 heteroatoms. The average molecular weight is 231 g/mol. The number of pyridine rings is 1. The Balaban J connectivity index is 2.09. The van der Waals surface area contributed by atoms with E-state index in [4.69, 9.17) is 23.2 Å². The van der Waals surface area contributed by atoms with Crippen molar-refractivity contribution in [3.8, 4) is 0 Å². The van der Waals surface area contributed by atoms with Crippen LogP contribution in [0.3, 0.4) is 0 Å². The van der Waals surface area contributed by atoms with Crippen molar-refractivity contribution in [3.05, 3.63) is 22.3 Å². The molecular formula is C10H12Cl2N2. The fourth-order valence-corrected chi connectivity index (χ4v) is 2.01. The highest BCUT2D eigenvalue weighted by Gasteiger charge is 2.27. The Morgan fingerprint density at radius 1 is 1.43 bits per heavy atom. The van der Waals surface area contributed by atoms with Gasteiger partial charge in [0.05, 0.1) is 10.0 Å². The molecule has 1 fully saturated rings. The van der Waals surface area contributed by atoms with Crippen LogP contribution in [0.25, 0.3) is 0 Å². The van der Waals surface area contributed by atoms with Gasteiger partial charge >= 0.3 is 0 Å². The number of anilines is 1. The van der Waals surface area contributed by atoms with Crippen LogP contribution >= 0.6 is 23.2 Å². The van der Waals surface area contributed by atoms with Gasteiger partial charge in [-0.25, -0.2) is 4.98 Å². The fourth-order valence-electron chi connectivity index (χ4n) is 1.58. The average Bonchev–Trinajstić information content (AvgIpc) is 2.14. The molecule has 1 N–H and O–H groups in total. The Labute approximate surface area is 93.6 Å². The lowest BCUT2D eigenvalue weighted by Crippen LogP contribution is -2.36. The van der Waals surface area contributed by atoms with Crippen molar-refractivity contribution in [2.24, 2.45) is 5.92 Å². The van der Waals surface area contributed by atoms with Crippen molar-refractivity contribution >= 4 is 29.0 Å². The molecule has 1 aliphatic carbocycles. The summed E-state index contributed by atoms with van der Waals surface area (Å²) in [6.45, 7) is 2.23. The van der Waals surface area contributed by atoms with Crippen LogP contribution in [0.15, 0.2) is 12.3 Å². The standard InChI is InChI=1S/C10H12Cl2N2/c1-6-2-3-9(6)14-10-8(12)4-7(11)5-13-10/h4-6,9H,2-3H2,1H3,(H,13,14). The predicted molar refractivity (Wildman–Crippen MR) is 60.1 cm³/mol. The van der Waals surface area contributed by atoms with Crippen LogP contribution in [0.4, 0.5) is 5.82 Å². The monoisotopic (exact) mass is 230 g/mol. The summed E-state index contributed by atoms with van der Waals surface area (Å²) in [5.41, 5.74) is 0. The first-order chi connectivity index (χ1) is 6.66. The van der Waals surface area contributed by atoms with Crippen LogP contribution in [0.1, 0.15) is 19.8 Å². The zero-order chi connectivity index (χ0) is 10.1. The summed E-state index contributed by atoms with van der Waals surface area (Å²) in [6, 6.07) is 2.23. The molecule has 14 heavy (non-hydrogen) atoms. The van der Waals surface area contributed by atoms with Gasteiger partial charge in [0, 0.05) is 12.2 Å². The number of nitrogens with one attached hydrogen (secondary N) is 1. The number of nitrogens with zero attached hydrogens (tertiary/aromatic N) is 1. The van der Waals surface area contributed by atoms with Crippen molar-refractivity contribution in [2.75, 3.05) is 5.32 Å². The number of hydrogen-bond donors (Lipinski definition) is 1. The van der Waals surface area contributed by atoms with Crippen LogP contribution in [-0.2, 0) is 0 Å². The molecule has 0 radical (unpaired) electrons. The second-order valence-electron chi connectivity index (χ2n) is 3.79. The predicted octanol–water partition coefficient (Wildman–Crippen LogP) is 3.60. The molecule has 0 aliphatic heterocycles. The van der Waals surface area contributed by atoms with Gasteiger partial charge in [-0.2, -0.15) is 0 Å². The van der Waals surface area contributed by atoms with E-state index in [0.29, 0.717) is 22.0 Å². The highest BCUT2D eigenvalue weighted by atomic mass is 35.5. The molecule has 1 saturated carbocycles. The van der Waals surface area contributed by atoms with E-state index in [1.807, 2.05) is 0 Å². The maximum atomic E-state index is 5.99. The number of halogens is 2. The SMILES string of the molecule is CC1CCC1Nc1ncc(Cl)cc1Cl. The van der Waals surface area contributed by atoms with Gasteiger partial charge in [0.2, 0.25) is 0 Å². The largest absolute Gasteiger partial charge is 0.366 e. The van der Waals surface area contributed by atoms with Gasteiger partial charge in [-0.1, -0.05) is 30.1 Å². The molecule has 2 unspecified atom stereocenters.